The Balaban J connectivity index is 2.81. The third-order valence-electron chi connectivity index (χ3n) is 3.86. The Morgan fingerprint density at radius 3 is 2.33 bits per heavy atom. The summed E-state index contributed by atoms with van der Waals surface area (Å²) in [5.74, 6) is -0.124. The molecule has 6 heteroatoms. The highest BCUT2D eigenvalue weighted by Crippen LogP contribution is 2.30. The van der Waals surface area contributed by atoms with E-state index in [1.807, 2.05) is 13.8 Å². The summed E-state index contributed by atoms with van der Waals surface area (Å²) in [4.78, 5) is 12.0. The number of benzene rings is 1. The highest BCUT2D eigenvalue weighted by atomic mass is 35.5. The molecule has 0 unspecified atom stereocenters. The molecule has 0 aliphatic carbocycles. The second-order valence-electron chi connectivity index (χ2n) is 5.10. The predicted octanol–water partition coefficient (Wildman–Crippen LogP) is 4.48. The number of hydrogen-bond donors (Lipinski definition) is 1. The summed E-state index contributed by atoms with van der Waals surface area (Å²) in [5.41, 5.74) is -1.05. The Morgan fingerprint density at radius 2 is 1.86 bits per heavy atom. The fourth-order valence-electron chi connectivity index (χ4n) is 1.94. The van der Waals surface area contributed by atoms with E-state index in [1.54, 1.807) is 0 Å². The molecule has 1 aromatic rings. The summed E-state index contributed by atoms with van der Waals surface area (Å²) in [6.07, 6.45) is -2.88. The summed E-state index contributed by atoms with van der Waals surface area (Å²) < 4.78 is 37.9. The standard InChI is InChI=1S/C15H19ClF3NO/c1-3-14(4-2,9-16)10-20-13(21)11-6-5-7-12(8-11)15(17,18)19/h5-8H,3-4,9-10H2,1-2H3,(H,20,21). The first kappa shape index (κ1) is 17.8. The van der Waals surface area contributed by atoms with Crippen molar-refractivity contribution in [3.63, 3.8) is 0 Å². The molecule has 21 heavy (non-hydrogen) atoms. The van der Waals surface area contributed by atoms with E-state index in [0.29, 0.717) is 12.4 Å². The number of carbonyl (C=O) groups excluding carboxylic acids is 1. The Morgan fingerprint density at radius 1 is 1.24 bits per heavy atom. The number of carbonyl (C=O) groups is 1. The van der Waals surface area contributed by atoms with Crippen molar-refractivity contribution in [2.75, 3.05) is 12.4 Å². The van der Waals surface area contributed by atoms with E-state index in [0.717, 1.165) is 25.0 Å². The lowest BCUT2D eigenvalue weighted by Gasteiger charge is -2.29. The Labute approximate surface area is 127 Å². The Bertz CT molecular complexity index is 476. The molecule has 0 aromatic heterocycles. The minimum atomic E-state index is -4.46. The molecule has 1 amide bonds. The Hall–Kier alpha value is -1.23. The first-order valence-corrected chi connectivity index (χ1v) is 7.33. The van der Waals surface area contributed by atoms with Crippen molar-refractivity contribution in [1.29, 1.82) is 0 Å². The van der Waals surface area contributed by atoms with Gasteiger partial charge in [0.25, 0.3) is 5.91 Å². The predicted molar refractivity (Wildman–Crippen MR) is 77.5 cm³/mol. The van der Waals surface area contributed by atoms with Crippen LogP contribution in [-0.2, 0) is 6.18 Å². The van der Waals surface area contributed by atoms with Crippen LogP contribution in [-0.4, -0.2) is 18.3 Å². The molecule has 0 atom stereocenters. The molecule has 0 aliphatic heterocycles. The van der Waals surface area contributed by atoms with Crippen LogP contribution >= 0.6 is 11.6 Å². The summed E-state index contributed by atoms with van der Waals surface area (Å²) in [6.45, 7) is 4.29. The number of amides is 1. The van der Waals surface area contributed by atoms with Crippen LogP contribution < -0.4 is 5.32 Å². The number of alkyl halides is 4. The van der Waals surface area contributed by atoms with Gasteiger partial charge in [0, 0.05) is 23.4 Å². The van der Waals surface area contributed by atoms with Crippen molar-refractivity contribution in [2.24, 2.45) is 5.41 Å². The van der Waals surface area contributed by atoms with Gasteiger partial charge < -0.3 is 5.32 Å². The first-order valence-electron chi connectivity index (χ1n) is 6.79. The maximum atomic E-state index is 12.6. The SMILES string of the molecule is CCC(CC)(CCl)CNC(=O)c1cccc(C(F)(F)F)c1. The molecule has 0 fully saturated rings. The van der Waals surface area contributed by atoms with Crippen LogP contribution in [0, 0.1) is 5.41 Å². The Kier molecular flexibility index (Phi) is 6.08. The van der Waals surface area contributed by atoms with Crippen molar-refractivity contribution in [2.45, 2.75) is 32.9 Å². The zero-order chi connectivity index (χ0) is 16.1. The molecule has 1 aromatic carbocycles. The van der Waals surface area contributed by atoms with E-state index in [-0.39, 0.29) is 11.0 Å². The van der Waals surface area contributed by atoms with Crippen LogP contribution in [0.1, 0.15) is 42.6 Å². The van der Waals surface area contributed by atoms with Gasteiger partial charge in [0.05, 0.1) is 5.56 Å². The maximum absolute atomic E-state index is 12.6. The van der Waals surface area contributed by atoms with Crippen LogP contribution in [0.15, 0.2) is 24.3 Å². The molecule has 2 nitrogen and oxygen atoms in total. The number of nitrogens with one attached hydrogen (secondary N) is 1. The fourth-order valence-corrected chi connectivity index (χ4v) is 2.42. The maximum Gasteiger partial charge on any atom is 0.416 e. The van der Waals surface area contributed by atoms with Crippen molar-refractivity contribution in [1.82, 2.24) is 5.32 Å². The molecule has 1 rings (SSSR count). The van der Waals surface area contributed by atoms with Crippen molar-refractivity contribution >= 4 is 17.5 Å². The zero-order valence-corrected chi connectivity index (χ0v) is 12.8. The molecular weight excluding hydrogens is 303 g/mol. The molecule has 0 spiro atoms. The number of rotatable bonds is 6. The molecule has 0 aliphatic rings. The van der Waals surface area contributed by atoms with E-state index in [9.17, 15) is 18.0 Å². The zero-order valence-electron chi connectivity index (χ0n) is 12.1. The van der Waals surface area contributed by atoms with E-state index in [1.165, 1.54) is 12.1 Å². The quantitative estimate of drug-likeness (QED) is 0.769. The van der Waals surface area contributed by atoms with E-state index in [4.69, 9.17) is 11.6 Å². The molecular formula is C15H19ClF3NO. The van der Waals surface area contributed by atoms with Crippen LogP contribution in [0.3, 0.4) is 0 Å². The van der Waals surface area contributed by atoms with E-state index in [2.05, 4.69) is 5.32 Å². The summed E-state index contributed by atoms with van der Waals surface area (Å²) in [7, 11) is 0. The van der Waals surface area contributed by atoms with Crippen molar-refractivity contribution in [3.05, 3.63) is 35.4 Å². The largest absolute Gasteiger partial charge is 0.416 e. The summed E-state index contributed by atoms with van der Waals surface area (Å²) in [6, 6.07) is 4.39. The van der Waals surface area contributed by atoms with Gasteiger partial charge in [0.15, 0.2) is 0 Å². The van der Waals surface area contributed by atoms with Crippen LogP contribution in [0.4, 0.5) is 13.2 Å². The number of halogens is 4. The van der Waals surface area contributed by atoms with Crippen molar-refractivity contribution < 1.29 is 18.0 Å². The second kappa shape index (κ2) is 7.16. The van der Waals surface area contributed by atoms with Gasteiger partial charge in [-0.3, -0.25) is 4.79 Å². The normalized spacial score (nSPS) is 12.3. The topological polar surface area (TPSA) is 29.1 Å². The lowest BCUT2D eigenvalue weighted by molar-refractivity contribution is -0.137. The average Bonchev–Trinajstić information content (AvgIpc) is 2.48. The van der Waals surface area contributed by atoms with Gasteiger partial charge in [-0.2, -0.15) is 13.2 Å². The van der Waals surface area contributed by atoms with Gasteiger partial charge in [0.2, 0.25) is 0 Å². The van der Waals surface area contributed by atoms with Gasteiger partial charge in [-0.1, -0.05) is 19.9 Å². The third kappa shape index (κ3) is 4.63. The minimum absolute atomic E-state index is 0.000466. The molecule has 0 saturated heterocycles. The van der Waals surface area contributed by atoms with Crippen molar-refractivity contribution in [3.8, 4) is 0 Å². The van der Waals surface area contributed by atoms with Crippen LogP contribution in [0.5, 0.6) is 0 Å². The highest BCUT2D eigenvalue weighted by Gasteiger charge is 2.31. The molecule has 1 N–H and O–H groups in total. The molecule has 0 radical (unpaired) electrons. The van der Waals surface area contributed by atoms with Gasteiger partial charge in [-0.25, -0.2) is 0 Å². The first-order chi connectivity index (χ1) is 9.78. The minimum Gasteiger partial charge on any atom is -0.351 e. The van der Waals surface area contributed by atoms with Gasteiger partial charge in [-0.05, 0) is 31.0 Å². The van der Waals surface area contributed by atoms with Gasteiger partial charge in [-0.15, -0.1) is 11.6 Å². The summed E-state index contributed by atoms with van der Waals surface area (Å²) in [5, 5.41) is 2.68. The fraction of sp³-hybridized carbons (Fsp3) is 0.533. The number of hydrogen-bond acceptors (Lipinski definition) is 1. The molecule has 0 heterocycles. The van der Waals surface area contributed by atoms with Gasteiger partial charge in [0.1, 0.15) is 0 Å². The van der Waals surface area contributed by atoms with Crippen LogP contribution in [0.2, 0.25) is 0 Å². The van der Waals surface area contributed by atoms with E-state index < -0.39 is 17.6 Å². The lowest BCUT2D eigenvalue weighted by Crippen LogP contribution is -2.38. The van der Waals surface area contributed by atoms with Crippen LogP contribution in [0.25, 0.3) is 0 Å². The highest BCUT2D eigenvalue weighted by molar-refractivity contribution is 6.18. The lowest BCUT2D eigenvalue weighted by atomic mass is 9.84. The monoisotopic (exact) mass is 321 g/mol. The smallest absolute Gasteiger partial charge is 0.351 e. The molecule has 0 bridgehead atoms. The van der Waals surface area contributed by atoms with Gasteiger partial charge >= 0.3 is 6.18 Å². The average molecular weight is 322 g/mol. The van der Waals surface area contributed by atoms with E-state index >= 15 is 0 Å². The molecule has 118 valence electrons. The second-order valence-corrected chi connectivity index (χ2v) is 5.37. The summed E-state index contributed by atoms with van der Waals surface area (Å²) >= 11 is 5.94. The molecule has 0 saturated carbocycles. The third-order valence-corrected chi connectivity index (χ3v) is 4.43.